The van der Waals surface area contributed by atoms with Gasteiger partial charge < -0.3 is 10.6 Å². The number of rotatable bonds is 5. The Morgan fingerprint density at radius 2 is 1.63 bits per heavy atom. The van der Waals surface area contributed by atoms with Gasteiger partial charge in [-0.2, -0.15) is 0 Å². The third-order valence-corrected chi connectivity index (χ3v) is 5.34. The van der Waals surface area contributed by atoms with Crippen LogP contribution in [0.15, 0.2) is 48.5 Å². The number of benzene rings is 2. The molecule has 6 heteroatoms. The lowest BCUT2D eigenvalue weighted by molar-refractivity contribution is -0.128. The molecule has 1 fully saturated rings. The minimum absolute atomic E-state index is 0.00101. The Hall–Kier alpha value is -2.40. The Morgan fingerprint density at radius 3 is 2.30 bits per heavy atom. The van der Waals surface area contributed by atoms with Crippen LogP contribution >= 0.6 is 11.6 Å². The van der Waals surface area contributed by atoms with Gasteiger partial charge in [-0.1, -0.05) is 35.9 Å². The summed E-state index contributed by atoms with van der Waals surface area (Å²) in [5.74, 6) is -0.743. The van der Waals surface area contributed by atoms with E-state index in [4.69, 9.17) is 11.6 Å². The maximum Gasteiger partial charge on any atom is 0.227 e. The van der Waals surface area contributed by atoms with E-state index in [9.17, 15) is 14.0 Å². The van der Waals surface area contributed by atoms with Crippen molar-refractivity contribution in [2.75, 3.05) is 5.32 Å². The average Bonchev–Trinajstić information content (AvgIpc) is 2.67. The van der Waals surface area contributed by atoms with Gasteiger partial charge in [0.1, 0.15) is 5.82 Å². The second kappa shape index (κ2) is 9.00. The second-order valence-corrected chi connectivity index (χ2v) is 7.26. The Labute approximate surface area is 163 Å². The molecule has 1 aliphatic carbocycles. The average molecular weight is 389 g/mol. The SMILES string of the molecule is O=C(NCc1ccccc1Cl)C1CCC(C(=O)Nc2cccc(F)c2)CC1. The summed E-state index contributed by atoms with van der Waals surface area (Å²) >= 11 is 6.10. The van der Waals surface area contributed by atoms with Crippen molar-refractivity contribution in [3.8, 4) is 0 Å². The third kappa shape index (κ3) is 5.30. The van der Waals surface area contributed by atoms with Crippen LogP contribution in [0.3, 0.4) is 0 Å². The van der Waals surface area contributed by atoms with E-state index in [0.29, 0.717) is 42.9 Å². The fourth-order valence-electron chi connectivity index (χ4n) is 3.40. The van der Waals surface area contributed by atoms with Gasteiger partial charge >= 0.3 is 0 Å². The van der Waals surface area contributed by atoms with Gasteiger partial charge in [-0.15, -0.1) is 0 Å². The molecular weight excluding hydrogens is 367 g/mol. The third-order valence-electron chi connectivity index (χ3n) is 4.97. The lowest BCUT2D eigenvalue weighted by Crippen LogP contribution is -2.35. The van der Waals surface area contributed by atoms with Crippen molar-refractivity contribution in [1.29, 1.82) is 0 Å². The number of hydrogen-bond acceptors (Lipinski definition) is 2. The Kier molecular flexibility index (Phi) is 6.45. The molecule has 0 spiro atoms. The number of halogens is 2. The molecule has 0 unspecified atom stereocenters. The molecule has 0 saturated heterocycles. The normalized spacial score (nSPS) is 19.3. The lowest BCUT2D eigenvalue weighted by Gasteiger charge is -2.27. The van der Waals surface area contributed by atoms with Crippen LogP contribution in [0, 0.1) is 17.7 Å². The second-order valence-electron chi connectivity index (χ2n) is 6.86. The molecule has 0 bridgehead atoms. The molecule has 0 heterocycles. The highest BCUT2D eigenvalue weighted by Crippen LogP contribution is 2.30. The maximum absolute atomic E-state index is 13.2. The van der Waals surface area contributed by atoms with Crippen molar-refractivity contribution >= 4 is 29.1 Å². The van der Waals surface area contributed by atoms with Crippen LogP contribution in [0.1, 0.15) is 31.2 Å². The number of anilines is 1. The molecule has 0 atom stereocenters. The number of amides is 2. The fourth-order valence-corrected chi connectivity index (χ4v) is 3.60. The minimum atomic E-state index is -0.383. The van der Waals surface area contributed by atoms with E-state index in [1.165, 1.54) is 12.1 Å². The molecule has 0 aliphatic heterocycles. The Morgan fingerprint density at radius 1 is 0.963 bits per heavy atom. The van der Waals surface area contributed by atoms with Crippen molar-refractivity contribution in [3.63, 3.8) is 0 Å². The van der Waals surface area contributed by atoms with Crippen molar-refractivity contribution in [2.24, 2.45) is 11.8 Å². The zero-order valence-corrected chi connectivity index (χ0v) is 15.6. The van der Waals surface area contributed by atoms with Crippen LogP contribution in [-0.4, -0.2) is 11.8 Å². The highest BCUT2D eigenvalue weighted by molar-refractivity contribution is 6.31. The first kappa shape index (κ1) is 19.4. The van der Waals surface area contributed by atoms with Crippen LogP contribution in [0.2, 0.25) is 5.02 Å². The molecule has 2 aromatic rings. The van der Waals surface area contributed by atoms with E-state index in [0.717, 1.165) is 5.56 Å². The monoisotopic (exact) mass is 388 g/mol. The largest absolute Gasteiger partial charge is 0.352 e. The quantitative estimate of drug-likeness (QED) is 0.790. The van der Waals surface area contributed by atoms with Crippen LogP contribution < -0.4 is 10.6 Å². The van der Waals surface area contributed by atoms with Crippen LogP contribution in [0.5, 0.6) is 0 Å². The van der Waals surface area contributed by atoms with E-state index in [2.05, 4.69) is 10.6 Å². The number of carbonyl (C=O) groups is 2. The van der Waals surface area contributed by atoms with Crippen molar-refractivity contribution < 1.29 is 14.0 Å². The smallest absolute Gasteiger partial charge is 0.227 e. The number of nitrogens with one attached hydrogen (secondary N) is 2. The van der Waals surface area contributed by atoms with Crippen molar-refractivity contribution in [2.45, 2.75) is 32.2 Å². The molecular formula is C21H22ClFN2O2. The van der Waals surface area contributed by atoms with Gasteiger partial charge in [0.15, 0.2) is 0 Å². The van der Waals surface area contributed by atoms with Crippen LogP contribution in [0.4, 0.5) is 10.1 Å². The summed E-state index contributed by atoms with van der Waals surface area (Å²) in [5.41, 5.74) is 1.34. The van der Waals surface area contributed by atoms with Crippen molar-refractivity contribution in [1.82, 2.24) is 5.32 Å². The van der Waals surface area contributed by atoms with Gasteiger partial charge in [0, 0.05) is 29.1 Å². The first-order chi connectivity index (χ1) is 13.0. The predicted octanol–water partition coefficient (Wildman–Crippen LogP) is 4.54. The molecule has 3 rings (SSSR count). The van der Waals surface area contributed by atoms with Crippen LogP contribution in [0.25, 0.3) is 0 Å². The summed E-state index contributed by atoms with van der Waals surface area (Å²) < 4.78 is 13.2. The standard InChI is InChI=1S/C21H22ClFN2O2/c22-19-7-2-1-4-16(19)13-24-20(26)14-8-10-15(11-9-14)21(27)25-18-6-3-5-17(23)12-18/h1-7,12,14-15H,8-11,13H2,(H,24,26)(H,25,27). The summed E-state index contributed by atoms with van der Waals surface area (Å²) in [6, 6.07) is 13.3. The molecule has 1 aliphatic rings. The molecule has 2 aromatic carbocycles. The minimum Gasteiger partial charge on any atom is -0.352 e. The predicted molar refractivity (Wildman–Crippen MR) is 104 cm³/mol. The van der Waals surface area contributed by atoms with Gasteiger partial charge in [-0.05, 0) is 55.5 Å². The number of carbonyl (C=O) groups excluding carboxylic acids is 2. The molecule has 4 nitrogen and oxygen atoms in total. The summed E-state index contributed by atoms with van der Waals surface area (Å²) in [7, 11) is 0. The highest BCUT2D eigenvalue weighted by Gasteiger charge is 2.30. The zero-order valence-electron chi connectivity index (χ0n) is 14.9. The summed E-state index contributed by atoms with van der Waals surface area (Å²) in [5, 5.41) is 6.32. The van der Waals surface area contributed by atoms with Gasteiger partial charge in [-0.25, -0.2) is 4.39 Å². The zero-order chi connectivity index (χ0) is 19.2. The fraction of sp³-hybridized carbons (Fsp3) is 0.333. The topological polar surface area (TPSA) is 58.2 Å². The van der Waals surface area contributed by atoms with Gasteiger partial charge in [0.2, 0.25) is 11.8 Å². The van der Waals surface area contributed by atoms with Gasteiger partial charge in [0.25, 0.3) is 0 Å². The van der Waals surface area contributed by atoms with Crippen LogP contribution in [-0.2, 0) is 16.1 Å². The van der Waals surface area contributed by atoms with E-state index in [1.807, 2.05) is 18.2 Å². The Balaban J connectivity index is 1.46. The first-order valence-corrected chi connectivity index (χ1v) is 9.48. The van der Waals surface area contributed by atoms with E-state index in [-0.39, 0.29) is 29.5 Å². The van der Waals surface area contributed by atoms with Gasteiger partial charge in [-0.3, -0.25) is 9.59 Å². The lowest BCUT2D eigenvalue weighted by atomic mass is 9.81. The summed E-state index contributed by atoms with van der Waals surface area (Å²) in [4.78, 5) is 24.7. The molecule has 2 N–H and O–H groups in total. The molecule has 0 aromatic heterocycles. The van der Waals surface area contributed by atoms with E-state index >= 15 is 0 Å². The Bertz CT molecular complexity index is 819. The van der Waals surface area contributed by atoms with E-state index < -0.39 is 0 Å². The summed E-state index contributed by atoms with van der Waals surface area (Å²) in [6.45, 7) is 0.401. The molecule has 1 saturated carbocycles. The van der Waals surface area contributed by atoms with Crippen molar-refractivity contribution in [3.05, 3.63) is 64.9 Å². The molecule has 142 valence electrons. The first-order valence-electron chi connectivity index (χ1n) is 9.10. The maximum atomic E-state index is 13.2. The molecule has 0 radical (unpaired) electrons. The van der Waals surface area contributed by atoms with E-state index in [1.54, 1.807) is 18.2 Å². The highest BCUT2D eigenvalue weighted by atomic mass is 35.5. The number of hydrogen-bond donors (Lipinski definition) is 2. The van der Waals surface area contributed by atoms with Gasteiger partial charge in [0.05, 0.1) is 0 Å². The molecule has 2 amide bonds. The summed E-state index contributed by atoms with van der Waals surface area (Å²) in [6.07, 6.45) is 2.61. The molecule has 27 heavy (non-hydrogen) atoms.